The maximum absolute atomic E-state index is 14.5. The number of piperidine rings is 1. The second-order valence-electron chi connectivity index (χ2n) is 10.3. The molecule has 2 fully saturated rings. The molecule has 7 heteroatoms. The third-order valence-corrected chi connectivity index (χ3v) is 8.69. The van der Waals surface area contributed by atoms with Crippen LogP contribution in [0.15, 0.2) is 60.4 Å². The van der Waals surface area contributed by atoms with E-state index in [1.165, 1.54) is 13.4 Å². The highest BCUT2D eigenvalue weighted by molar-refractivity contribution is 6.09. The highest BCUT2D eigenvalue weighted by Crippen LogP contribution is 2.55. The minimum atomic E-state index is -0.638. The average Bonchev–Trinajstić information content (AvgIpc) is 3.42. The molecule has 0 aliphatic carbocycles. The molecule has 7 nitrogen and oxygen atoms in total. The molecule has 1 unspecified atom stereocenters. The lowest BCUT2D eigenvalue weighted by Crippen LogP contribution is -2.54. The topological polar surface area (TPSA) is 68.3 Å². The number of fused-ring (bicyclic) bond motifs is 4. The second kappa shape index (κ2) is 10.2. The molecule has 0 saturated carbocycles. The zero-order chi connectivity index (χ0) is 26.2. The van der Waals surface area contributed by atoms with Crippen LogP contribution in [0.4, 0.5) is 5.69 Å². The summed E-state index contributed by atoms with van der Waals surface area (Å²) in [5.41, 5.74) is 3.02. The monoisotopic (exact) mass is 504 g/mol. The van der Waals surface area contributed by atoms with Crippen molar-refractivity contribution in [3.05, 3.63) is 71.5 Å². The Labute approximate surface area is 219 Å². The molecule has 4 atom stereocenters. The molecule has 0 N–H and O–H groups in total. The van der Waals surface area contributed by atoms with Gasteiger partial charge in [0.25, 0.3) is 0 Å². The van der Waals surface area contributed by atoms with E-state index in [-0.39, 0.29) is 29.8 Å². The Morgan fingerprint density at radius 2 is 1.95 bits per heavy atom. The van der Waals surface area contributed by atoms with Crippen LogP contribution in [-0.2, 0) is 31.0 Å². The molecule has 2 aromatic carbocycles. The minimum absolute atomic E-state index is 0.00540. The first-order valence-corrected chi connectivity index (χ1v) is 13.1. The van der Waals surface area contributed by atoms with E-state index in [2.05, 4.69) is 24.0 Å². The third kappa shape index (κ3) is 4.09. The molecule has 37 heavy (non-hydrogen) atoms. The van der Waals surface area contributed by atoms with Crippen LogP contribution < -0.4 is 9.64 Å². The summed E-state index contributed by atoms with van der Waals surface area (Å²) in [7, 11) is 4.62. The van der Waals surface area contributed by atoms with E-state index in [9.17, 15) is 9.59 Å². The molecule has 3 aliphatic rings. The van der Waals surface area contributed by atoms with Crippen molar-refractivity contribution in [1.29, 1.82) is 0 Å². The van der Waals surface area contributed by atoms with Crippen molar-refractivity contribution in [2.24, 2.45) is 11.8 Å². The highest BCUT2D eigenvalue weighted by atomic mass is 16.5. The summed E-state index contributed by atoms with van der Waals surface area (Å²) in [5, 5.41) is 0. The molecule has 3 aliphatic heterocycles. The SMILES string of the molecule is CC[C@H]1CN2CC[C@]3(C(=O)N(Cc4cccc(OC)c4)c4ccccc43)C2C[C@@H]1/C(=C\OC)C(=O)OC. The summed E-state index contributed by atoms with van der Waals surface area (Å²) < 4.78 is 15.9. The van der Waals surface area contributed by atoms with Gasteiger partial charge in [0, 0.05) is 18.3 Å². The quantitative estimate of drug-likeness (QED) is 0.318. The van der Waals surface area contributed by atoms with Crippen LogP contribution in [0.1, 0.15) is 37.3 Å². The molecule has 1 spiro atoms. The smallest absolute Gasteiger partial charge is 0.337 e. The van der Waals surface area contributed by atoms with E-state index >= 15 is 0 Å². The Morgan fingerprint density at radius 3 is 2.68 bits per heavy atom. The summed E-state index contributed by atoms with van der Waals surface area (Å²) in [4.78, 5) is 31.7. The van der Waals surface area contributed by atoms with Gasteiger partial charge in [-0.1, -0.05) is 43.7 Å². The maximum atomic E-state index is 14.5. The molecular weight excluding hydrogens is 468 g/mol. The molecule has 3 heterocycles. The standard InChI is InChI=1S/C30H36N2O5/c1-5-21-18-31-14-13-30(27(31)16-23(21)24(19-35-2)28(33)37-4)25-11-6-7-12-26(25)32(29(30)34)17-20-9-8-10-22(15-20)36-3/h6-12,15,19,21,23,27H,5,13-14,16-18H2,1-4H3/b24-19+/t21-,23-,27?,30+/m0/s1. The first-order valence-electron chi connectivity index (χ1n) is 13.1. The van der Waals surface area contributed by atoms with Gasteiger partial charge in [-0.25, -0.2) is 4.79 Å². The Bertz CT molecular complexity index is 1210. The van der Waals surface area contributed by atoms with Gasteiger partial charge in [0.05, 0.1) is 45.1 Å². The average molecular weight is 505 g/mol. The van der Waals surface area contributed by atoms with E-state index in [1.807, 2.05) is 41.3 Å². The Kier molecular flexibility index (Phi) is 6.99. The zero-order valence-electron chi connectivity index (χ0n) is 22.1. The van der Waals surface area contributed by atoms with Gasteiger partial charge in [-0.15, -0.1) is 0 Å². The molecule has 2 aromatic rings. The lowest BCUT2D eigenvalue weighted by molar-refractivity contribution is -0.137. The van der Waals surface area contributed by atoms with Gasteiger partial charge in [-0.2, -0.15) is 0 Å². The normalized spacial score (nSPS) is 27.2. The van der Waals surface area contributed by atoms with Crippen molar-refractivity contribution in [2.45, 2.75) is 44.2 Å². The largest absolute Gasteiger partial charge is 0.504 e. The number of carbonyl (C=O) groups is 2. The predicted molar refractivity (Wildman–Crippen MR) is 141 cm³/mol. The number of hydrogen-bond acceptors (Lipinski definition) is 6. The maximum Gasteiger partial charge on any atom is 0.337 e. The predicted octanol–water partition coefficient (Wildman–Crippen LogP) is 4.30. The molecule has 0 bridgehead atoms. The van der Waals surface area contributed by atoms with Gasteiger partial charge < -0.3 is 19.1 Å². The van der Waals surface area contributed by atoms with E-state index in [4.69, 9.17) is 14.2 Å². The number of methoxy groups -OCH3 is 3. The van der Waals surface area contributed by atoms with Gasteiger partial charge in [-0.3, -0.25) is 9.69 Å². The summed E-state index contributed by atoms with van der Waals surface area (Å²) >= 11 is 0. The summed E-state index contributed by atoms with van der Waals surface area (Å²) in [6.07, 6.45) is 3.95. The van der Waals surface area contributed by atoms with Crippen LogP contribution in [0.25, 0.3) is 0 Å². The number of anilines is 1. The van der Waals surface area contributed by atoms with Gasteiger partial charge in [0.1, 0.15) is 5.75 Å². The van der Waals surface area contributed by atoms with Gasteiger partial charge >= 0.3 is 5.97 Å². The fourth-order valence-electron chi connectivity index (χ4n) is 6.94. The van der Waals surface area contributed by atoms with Crippen molar-refractivity contribution >= 4 is 17.6 Å². The van der Waals surface area contributed by atoms with Crippen LogP contribution in [-0.4, -0.2) is 57.2 Å². The van der Waals surface area contributed by atoms with E-state index in [0.29, 0.717) is 18.5 Å². The Balaban J connectivity index is 1.54. The number of esters is 1. The number of amides is 1. The number of nitrogens with zero attached hydrogens (tertiary/aromatic N) is 2. The van der Waals surface area contributed by atoms with Crippen LogP contribution >= 0.6 is 0 Å². The van der Waals surface area contributed by atoms with Gasteiger partial charge in [0.15, 0.2) is 0 Å². The van der Waals surface area contributed by atoms with Crippen LogP contribution in [0.5, 0.6) is 5.75 Å². The van der Waals surface area contributed by atoms with Crippen molar-refractivity contribution in [1.82, 2.24) is 4.90 Å². The number of benzene rings is 2. The van der Waals surface area contributed by atoms with Crippen molar-refractivity contribution in [3.8, 4) is 5.75 Å². The number of hydrogen-bond donors (Lipinski definition) is 0. The van der Waals surface area contributed by atoms with Gasteiger partial charge in [0.2, 0.25) is 5.91 Å². The first-order chi connectivity index (χ1) is 18.0. The Hall–Kier alpha value is -3.32. The highest BCUT2D eigenvalue weighted by Gasteiger charge is 2.62. The number of ether oxygens (including phenoxy) is 3. The summed E-state index contributed by atoms with van der Waals surface area (Å²) in [6.45, 7) is 4.36. The van der Waals surface area contributed by atoms with E-state index in [1.54, 1.807) is 14.2 Å². The van der Waals surface area contributed by atoms with Crippen LogP contribution in [0.2, 0.25) is 0 Å². The van der Waals surface area contributed by atoms with Crippen molar-refractivity contribution in [2.75, 3.05) is 39.3 Å². The van der Waals surface area contributed by atoms with Crippen LogP contribution in [0, 0.1) is 11.8 Å². The Morgan fingerprint density at radius 1 is 1.14 bits per heavy atom. The zero-order valence-corrected chi connectivity index (χ0v) is 22.1. The number of carbonyl (C=O) groups excluding carboxylic acids is 2. The molecule has 5 rings (SSSR count). The lowest BCUT2D eigenvalue weighted by Gasteiger charge is -2.45. The molecule has 0 radical (unpaired) electrons. The summed E-state index contributed by atoms with van der Waals surface area (Å²) in [6, 6.07) is 16.1. The fraction of sp³-hybridized carbons (Fsp3) is 0.467. The minimum Gasteiger partial charge on any atom is -0.504 e. The molecule has 196 valence electrons. The number of rotatable bonds is 7. The first kappa shape index (κ1) is 25.3. The molecular formula is C30H36N2O5. The second-order valence-corrected chi connectivity index (χ2v) is 10.3. The summed E-state index contributed by atoms with van der Waals surface area (Å²) in [5.74, 6) is 0.810. The van der Waals surface area contributed by atoms with Crippen molar-refractivity contribution in [3.63, 3.8) is 0 Å². The molecule has 0 aromatic heterocycles. The molecule has 1 amide bonds. The third-order valence-electron chi connectivity index (χ3n) is 8.69. The van der Waals surface area contributed by atoms with E-state index in [0.717, 1.165) is 48.5 Å². The number of para-hydroxylation sites is 1. The van der Waals surface area contributed by atoms with Crippen molar-refractivity contribution < 1.29 is 23.8 Å². The van der Waals surface area contributed by atoms with E-state index < -0.39 is 5.41 Å². The van der Waals surface area contributed by atoms with Crippen LogP contribution in [0.3, 0.4) is 0 Å². The lowest BCUT2D eigenvalue weighted by atomic mass is 9.67. The fourth-order valence-corrected chi connectivity index (χ4v) is 6.94. The van der Waals surface area contributed by atoms with Gasteiger partial charge in [-0.05, 0) is 60.5 Å². The molecule has 2 saturated heterocycles.